The Bertz CT molecular complexity index is 1450. The summed E-state index contributed by atoms with van der Waals surface area (Å²) < 4.78 is 7.01. The van der Waals surface area contributed by atoms with Gasteiger partial charge in [0, 0.05) is 73.5 Å². The summed E-state index contributed by atoms with van der Waals surface area (Å²) >= 11 is 0. The Morgan fingerprint density at radius 3 is 2.44 bits per heavy atom. The number of carbonyl (C=O) groups is 2. The van der Waals surface area contributed by atoms with Crippen molar-refractivity contribution in [3.05, 3.63) is 83.3 Å². The highest BCUT2D eigenvalue weighted by Crippen LogP contribution is 2.25. The minimum atomic E-state index is -0.0990. The summed E-state index contributed by atoms with van der Waals surface area (Å²) in [6, 6.07) is 15.6. The molecule has 1 saturated heterocycles. The first kappa shape index (κ1) is 26.6. The molecule has 0 atom stereocenters. The van der Waals surface area contributed by atoms with Gasteiger partial charge in [-0.2, -0.15) is 5.10 Å². The molecule has 0 aliphatic carbocycles. The molecule has 1 aliphatic rings. The van der Waals surface area contributed by atoms with E-state index in [1.165, 1.54) is 0 Å². The quantitative estimate of drug-likeness (QED) is 0.339. The summed E-state index contributed by atoms with van der Waals surface area (Å²) in [5.41, 5.74) is 6.28. The normalized spacial score (nSPS) is 14.1. The van der Waals surface area contributed by atoms with E-state index >= 15 is 0 Å². The lowest BCUT2D eigenvalue weighted by molar-refractivity contribution is 0.0681. The van der Waals surface area contributed by atoms with E-state index in [9.17, 15) is 9.59 Å². The molecule has 0 spiro atoms. The SMILES string of the molecule is COCCNC(=O)c1ccc2nn(CC3CCN(C(=O)c4ccc(-c5ccc(C)nc5)cc4)CC3)cc2c1C. The molecule has 0 saturated carbocycles. The van der Waals surface area contributed by atoms with Gasteiger partial charge in [0.15, 0.2) is 0 Å². The molecule has 0 radical (unpaired) electrons. The van der Waals surface area contributed by atoms with Crippen LogP contribution >= 0.6 is 0 Å². The Balaban J connectivity index is 1.17. The molecule has 202 valence electrons. The fourth-order valence-electron chi connectivity index (χ4n) is 5.19. The Labute approximate surface area is 229 Å². The van der Waals surface area contributed by atoms with Crippen LogP contribution in [0.2, 0.25) is 0 Å². The van der Waals surface area contributed by atoms with Crippen LogP contribution in [0.25, 0.3) is 22.0 Å². The molecule has 1 N–H and O–H groups in total. The van der Waals surface area contributed by atoms with Crippen molar-refractivity contribution < 1.29 is 14.3 Å². The summed E-state index contributed by atoms with van der Waals surface area (Å²) in [6.45, 7) is 7.16. The third kappa shape index (κ3) is 6.01. The number of piperidine rings is 1. The molecular formula is C31H35N5O3. The van der Waals surface area contributed by atoms with Crippen molar-refractivity contribution >= 4 is 22.7 Å². The predicted molar refractivity (Wildman–Crippen MR) is 152 cm³/mol. The van der Waals surface area contributed by atoms with Crippen LogP contribution in [0.15, 0.2) is 60.9 Å². The minimum absolute atomic E-state index is 0.0822. The number of nitrogens with one attached hydrogen (secondary N) is 1. The average Bonchev–Trinajstić information content (AvgIpc) is 3.37. The molecule has 2 amide bonds. The van der Waals surface area contributed by atoms with Crippen LogP contribution in [-0.2, 0) is 11.3 Å². The molecular weight excluding hydrogens is 490 g/mol. The number of aromatic nitrogens is 3. The molecule has 0 bridgehead atoms. The second kappa shape index (κ2) is 11.8. The van der Waals surface area contributed by atoms with Gasteiger partial charge in [-0.05, 0) is 74.1 Å². The molecule has 39 heavy (non-hydrogen) atoms. The molecule has 2 aromatic carbocycles. The molecule has 8 heteroatoms. The fourth-order valence-corrected chi connectivity index (χ4v) is 5.19. The number of ether oxygens (including phenoxy) is 1. The maximum absolute atomic E-state index is 13.1. The van der Waals surface area contributed by atoms with Gasteiger partial charge in [0.2, 0.25) is 0 Å². The van der Waals surface area contributed by atoms with Gasteiger partial charge in [-0.15, -0.1) is 0 Å². The van der Waals surface area contributed by atoms with Crippen LogP contribution in [0.1, 0.15) is 44.8 Å². The van der Waals surface area contributed by atoms with E-state index in [-0.39, 0.29) is 11.8 Å². The van der Waals surface area contributed by atoms with Gasteiger partial charge in [0.05, 0.1) is 12.1 Å². The number of amides is 2. The van der Waals surface area contributed by atoms with Crippen molar-refractivity contribution in [2.24, 2.45) is 5.92 Å². The number of nitrogens with zero attached hydrogens (tertiary/aromatic N) is 4. The molecule has 4 aromatic rings. The van der Waals surface area contributed by atoms with Crippen LogP contribution in [0.5, 0.6) is 0 Å². The van der Waals surface area contributed by atoms with Gasteiger partial charge in [-0.1, -0.05) is 18.2 Å². The molecule has 1 aliphatic heterocycles. The second-order valence-electron chi connectivity index (χ2n) is 10.3. The summed E-state index contributed by atoms with van der Waals surface area (Å²) in [7, 11) is 1.61. The summed E-state index contributed by atoms with van der Waals surface area (Å²) in [4.78, 5) is 32.0. The van der Waals surface area contributed by atoms with Gasteiger partial charge >= 0.3 is 0 Å². The maximum Gasteiger partial charge on any atom is 0.253 e. The van der Waals surface area contributed by atoms with Crippen molar-refractivity contribution in [3.8, 4) is 11.1 Å². The standard InChI is InChI=1S/C31H35N5O3/c1-21-4-5-26(18-33-21)24-6-8-25(9-7-24)31(38)35-15-12-23(13-16-35)19-36-20-28-22(2)27(10-11-29(28)34-36)30(37)32-14-17-39-3/h4-11,18,20,23H,12-17,19H2,1-3H3,(H,32,37). The van der Waals surface area contributed by atoms with Gasteiger partial charge in [0.1, 0.15) is 0 Å². The summed E-state index contributed by atoms with van der Waals surface area (Å²) in [6.07, 6.45) is 5.77. The van der Waals surface area contributed by atoms with Gasteiger partial charge in [-0.3, -0.25) is 19.3 Å². The lowest BCUT2D eigenvalue weighted by atomic mass is 9.96. The van der Waals surface area contributed by atoms with Crippen molar-refractivity contribution in [2.45, 2.75) is 33.2 Å². The smallest absolute Gasteiger partial charge is 0.253 e. The lowest BCUT2D eigenvalue weighted by Crippen LogP contribution is -2.39. The number of likely N-dealkylation sites (tertiary alicyclic amines) is 1. The number of rotatable bonds is 8. The topological polar surface area (TPSA) is 89.4 Å². The molecule has 8 nitrogen and oxygen atoms in total. The van der Waals surface area contributed by atoms with Crippen molar-refractivity contribution in [1.29, 1.82) is 0 Å². The number of pyridine rings is 1. The van der Waals surface area contributed by atoms with Gasteiger partial charge < -0.3 is 15.0 Å². The molecule has 2 aromatic heterocycles. The van der Waals surface area contributed by atoms with Crippen LogP contribution in [0.4, 0.5) is 0 Å². The number of hydrogen-bond donors (Lipinski definition) is 1. The Hall–Kier alpha value is -4.04. The van der Waals surface area contributed by atoms with Crippen molar-refractivity contribution in [3.63, 3.8) is 0 Å². The number of aryl methyl sites for hydroxylation is 2. The fraction of sp³-hybridized carbons (Fsp3) is 0.355. The zero-order chi connectivity index (χ0) is 27.4. The molecule has 5 rings (SSSR count). The zero-order valence-electron chi connectivity index (χ0n) is 22.8. The molecule has 0 unspecified atom stereocenters. The van der Waals surface area contributed by atoms with Crippen molar-refractivity contribution in [2.75, 3.05) is 33.4 Å². The average molecular weight is 526 g/mol. The first-order valence-electron chi connectivity index (χ1n) is 13.5. The van der Waals surface area contributed by atoms with Crippen LogP contribution in [0.3, 0.4) is 0 Å². The largest absolute Gasteiger partial charge is 0.383 e. The van der Waals surface area contributed by atoms with E-state index in [0.29, 0.717) is 30.2 Å². The first-order chi connectivity index (χ1) is 18.9. The zero-order valence-corrected chi connectivity index (χ0v) is 22.8. The van der Waals surface area contributed by atoms with E-state index in [2.05, 4.69) is 10.3 Å². The predicted octanol–water partition coefficient (Wildman–Crippen LogP) is 4.64. The number of benzene rings is 2. The highest BCUT2D eigenvalue weighted by atomic mass is 16.5. The number of carbonyl (C=O) groups excluding carboxylic acids is 2. The van der Waals surface area contributed by atoms with Crippen LogP contribution in [-0.4, -0.2) is 64.8 Å². The summed E-state index contributed by atoms with van der Waals surface area (Å²) in [5.74, 6) is 0.425. The molecule has 1 fully saturated rings. The minimum Gasteiger partial charge on any atom is -0.383 e. The first-order valence-corrected chi connectivity index (χ1v) is 13.5. The van der Waals surface area contributed by atoms with Gasteiger partial charge in [-0.25, -0.2) is 0 Å². The number of hydrogen-bond acceptors (Lipinski definition) is 5. The summed E-state index contributed by atoms with van der Waals surface area (Å²) in [5, 5.41) is 8.64. The van der Waals surface area contributed by atoms with E-state index < -0.39 is 0 Å². The second-order valence-corrected chi connectivity index (χ2v) is 10.3. The van der Waals surface area contributed by atoms with Gasteiger partial charge in [0.25, 0.3) is 11.8 Å². The highest BCUT2D eigenvalue weighted by molar-refractivity contribution is 6.00. The highest BCUT2D eigenvalue weighted by Gasteiger charge is 2.24. The monoisotopic (exact) mass is 525 g/mol. The lowest BCUT2D eigenvalue weighted by Gasteiger charge is -2.32. The van der Waals surface area contributed by atoms with E-state index in [1.54, 1.807) is 7.11 Å². The van der Waals surface area contributed by atoms with E-state index in [4.69, 9.17) is 9.84 Å². The van der Waals surface area contributed by atoms with Crippen LogP contribution < -0.4 is 5.32 Å². The Kier molecular flexibility index (Phi) is 8.02. The molecule has 3 heterocycles. The van der Waals surface area contributed by atoms with Crippen LogP contribution in [0, 0.1) is 19.8 Å². The maximum atomic E-state index is 13.1. The Morgan fingerprint density at radius 1 is 1.00 bits per heavy atom. The third-order valence-electron chi connectivity index (χ3n) is 7.57. The van der Waals surface area contributed by atoms with Crippen molar-refractivity contribution in [1.82, 2.24) is 25.0 Å². The Morgan fingerprint density at radius 2 is 1.74 bits per heavy atom. The third-order valence-corrected chi connectivity index (χ3v) is 7.57. The number of methoxy groups -OCH3 is 1. The van der Waals surface area contributed by atoms with E-state index in [1.807, 2.05) is 84.4 Å². The number of fused-ring (bicyclic) bond motifs is 1. The van der Waals surface area contributed by atoms with E-state index in [0.717, 1.165) is 65.8 Å².